The standard InChI is InChI=1S/C30H30F4O/c1-3-19-5-10-21(11-6-19)24-16-15-23(27(31)28(24)32)14-9-20-7-12-22(13-8-20)25-17-18-26(35-4-2)30(34)29(25)33/h7-9,12-19,21H,3-6,10-11H2,1-2H3/b14-9+. The van der Waals surface area contributed by atoms with Crippen LogP contribution in [0, 0.1) is 29.2 Å². The SMILES string of the molecule is CCOc1ccc(-c2ccc(/C=C/c3ccc(C4CCC(CC)CC4)c(F)c3F)cc2)c(F)c1F. The molecule has 1 aliphatic rings. The van der Waals surface area contributed by atoms with Gasteiger partial charge in [0.15, 0.2) is 23.2 Å². The van der Waals surface area contributed by atoms with Crippen molar-refractivity contribution in [2.45, 2.75) is 51.9 Å². The van der Waals surface area contributed by atoms with E-state index in [1.807, 2.05) is 0 Å². The van der Waals surface area contributed by atoms with Gasteiger partial charge in [-0.3, -0.25) is 0 Å². The summed E-state index contributed by atoms with van der Waals surface area (Å²) in [7, 11) is 0. The second kappa shape index (κ2) is 11.1. The van der Waals surface area contributed by atoms with Crippen LogP contribution < -0.4 is 4.74 Å². The van der Waals surface area contributed by atoms with E-state index < -0.39 is 23.3 Å². The van der Waals surface area contributed by atoms with Crippen LogP contribution >= 0.6 is 0 Å². The highest BCUT2D eigenvalue weighted by atomic mass is 19.2. The van der Waals surface area contributed by atoms with E-state index in [1.165, 1.54) is 18.2 Å². The van der Waals surface area contributed by atoms with Crippen LogP contribution in [-0.2, 0) is 0 Å². The van der Waals surface area contributed by atoms with Crippen LogP contribution in [0.1, 0.15) is 68.6 Å². The van der Waals surface area contributed by atoms with Gasteiger partial charge in [-0.15, -0.1) is 0 Å². The van der Waals surface area contributed by atoms with Crippen LogP contribution in [0.3, 0.4) is 0 Å². The maximum Gasteiger partial charge on any atom is 0.201 e. The lowest BCUT2D eigenvalue weighted by atomic mass is 9.77. The van der Waals surface area contributed by atoms with Crippen molar-refractivity contribution in [1.82, 2.24) is 0 Å². The minimum absolute atomic E-state index is 0.0747. The number of halogens is 4. The number of benzene rings is 3. The van der Waals surface area contributed by atoms with Crippen molar-refractivity contribution >= 4 is 12.2 Å². The molecule has 0 bridgehead atoms. The van der Waals surface area contributed by atoms with E-state index in [2.05, 4.69) is 6.92 Å². The summed E-state index contributed by atoms with van der Waals surface area (Å²) in [5, 5.41) is 0. The average molecular weight is 483 g/mol. The lowest BCUT2D eigenvalue weighted by Gasteiger charge is -2.28. The van der Waals surface area contributed by atoms with Gasteiger partial charge in [-0.2, -0.15) is 4.39 Å². The monoisotopic (exact) mass is 482 g/mol. The first-order valence-corrected chi connectivity index (χ1v) is 12.3. The summed E-state index contributed by atoms with van der Waals surface area (Å²) in [6.07, 6.45) is 8.26. The third kappa shape index (κ3) is 5.44. The molecule has 0 radical (unpaired) electrons. The Morgan fingerprint density at radius 2 is 1.46 bits per heavy atom. The molecule has 3 aromatic rings. The molecule has 0 aromatic heterocycles. The number of ether oxygens (including phenoxy) is 1. The van der Waals surface area contributed by atoms with Gasteiger partial charge in [0, 0.05) is 11.1 Å². The van der Waals surface area contributed by atoms with Gasteiger partial charge in [0.2, 0.25) is 5.82 Å². The highest BCUT2D eigenvalue weighted by molar-refractivity contribution is 5.73. The molecule has 0 N–H and O–H groups in total. The second-order valence-electron chi connectivity index (χ2n) is 9.13. The minimum atomic E-state index is -1.02. The van der Waals surface area contributed by atoms with Crippen LogP contribution in [0.25, 0.3) is 23.3 Å². The first-order chi connectivity index (χ1) is 16.9. The summed E-state index contributed by atoms with van der Waals surface area (Å²) in [4.78, 5) is 0. The summed E-state index contributed by atoms with van der Waals surface area (Å²) < 4.78 is 63.4. The summed E-state index contributed by atoms with van der Waals surface area (Å²) in [6, 6.07) is 13.0. The fourth-order valence-electron chi connectivity index (χ4n) is 4.89. The highest BCUT2D eigenvalue weighted by Crippen LogP contribution is 2.39. The fourth-order valence-corrected chi connectivity index (χ4v) is 4.89. The Bertz CT molecular complexity index is 1190. The van der Waals surface area contributed by atoms with E-state index >= 15 is 0 Å². The van der Waals surface area contributed by atoms with Crippen molar-refractivity contribution in [2.24, 2.45) is 5.92 Å². The fraction of sp³-hybridized carbons (Fsp3) is 0.333. The predicted octanol–water partition coefficient (Wildman–Crippen LogP) is 9.16. The van der Waals surface area contributed by atoms with Crippen LogP contribution in [0.4, 0.5) is 17.6 Å². The molecule has 0 spiro atoms. The van der Waals surface area contributed by atoms with Crippen molar-refractivity contribution in [3.05, 3.63) is 88.5 Å². The zero-order chi connectivity index (χ0) is 24.9. The number of hydrogen-bond acceptors (Lipinski definition) is 1. The molecule has 1 saturated carbocycles. The molecule has 4 rings (SSSR count). The first-order valence-electron chi connectivity index (χ1n) is 12.3. The first kappa shape index (κ1) is 25.0. The Balaban J connectivity index is 1.49. The van der Waals surface area contributed by atoms with E-state index in [0.29, 0.717) is 17.0 Å². The van der Waals surface area contributed by atoms with Crippen LogP contribution in [-0.4, -0.2) is 6.61 Å². The van der Waals surface area contributed by atoms with Gasteiger partial charge < -0.3 is 4.74 Å². The van der Waals surface area contributed by atoms with Gasteiger partial charge in [0.25, 0.3) is 0 Å². The third-order valence-corrected chi connectivity index (χ3v) is 7.03. The van der Waals surface area contributed by atoms with E-state index in [1.54, 1.807) is 49.4 Å². The van der Waals surface area contributed by atoms with Crippen LogP contribution in [0.15, 0.2) is 48.5 Å². The Hall–Kier alpha value is -3.08. The van der Waals surface area contributed by atoms with Crippen LogP contribution in [0.2, 0.25) is 0 Å². The Labute approximate surface area is 204 Å². The molecule has 0 aliphatic heterocycles. The summed E-state index contributed by atoms with van der Waals surface area (Å²) >= 11 is 0. The lowest BCUT2D eigenvalue weighted by molar-refractivity contribution is 0.312. The quantitative estimate of drug-likeness (QED) is 0.241. The molecule has 3 aromatic carbocycles. The maximum absolute atomic E-state index is 14.9. The molecule has 1 nitrogen and oxygen atoms in total. The molecular formula is C30H30F4O. The minimum Gasteiger partial charge on any atom is -0.491 e. The van der Waals surface area contributed by atoms with Gasteiger partial charge in [-0.25, -0.2) is 13.2 Å². The van der Waals surface area contributed by atoms with E-state index in [0.717, 1.165) is 37.7 Å². The average Bonchev–Trinajstić information content (AvgIpc) is 2.88. The van der Waals surface area contributed by atoms with Crippen molar-refractivity contribution in [2.75, 3.05) is 6.61 Å². The van der Waals surface area contributed by atoms with Crippen molar-refractivity contribution in [1.29, 1.82) is 0 Å². The lowest BCUT2D eigenvalue weighted by Crippen LogP contribution is -2.14. The van der Waals surface area contributed by atoms with Crippen LogP contribution in [0.5, 0.6) is 5.75 Å². The molecule has 0 heterocycles. The van der Waals surface area contributed by atoms with Gasteiger partial charge in [0.05, 0.1) is 6.61 Å². The van der Waals surface area contributed by atoms with Crippen molar-refractivity contribution in [3.8, 4) is 16.9 Å². The number of hydrogen-bond donors (Lipinski definition) is 0. The molecule has 0 unspecified atom stereocenters. The molecule has 184 valence electrons. The molecule has 35 heavy (non-hydrogen) atoms. The van der Waals surface area contributed by atoms with Crippen molar-refractivity contribution < 1.29 is 22.3 Å². The zero-order valence-electron chi connectivity index (χ0n) is 20.1. The molecule has 1 fully saturated rings. The van der Waals surface area contributed by atoms with Gasteiger partial charge in [-0.05, 0) is 73.3 Å². The topological polar surface area (TPSA) is 9.23 Å². The summed E-state index contributed by atoms with van der Waals surface area (Å²) in [6.45, 7) is 4.12. The highest BCUT2D eigenvalue weighted by Gasteiger charge is 2.25. The van der Waals surface area contributed by atoms with Gasteiger partial charge in [-0.1, -0.05) is 61.9 Å². The normalized spacial score (nSPS) is 18.2. The smallest absolute Gasteiger partial charge is 0.201 e. The summed E-state index contributed by atoms with van der Waals surface area (Å²) in [5.74, 6) is -2.94. The number of rotatable bonds is 7. The maximum atomic E-state index is 14.9. The Morgan fingerprint density at radius 3 is 2.11 bits per heavy atom. The van der Waals surface area contributed by atoms with Gasteiger partial charge in [0.1, 0.15) is 0 Å². The molecule has 5 heteroatoms. The molecule has 0 atom stereocenters. The second-order valence-corrected chi connectivity index (χ2v) is 9.13. The zero-order valence-corrected chi connectivity index (χ0v) is 20.1. The predicted molar refractivity (Wildman–Crippen MR) is 133 cm³/mol. The van der Waals surface area contributed by atoms with Gasteiger partial charge >= 0.3 is 0 Å². The Morgan fingerprint density at radius 1 is 0.743 bits per heavy atom. The molecule has 0 amide bonds. The summed E-state index contributed by atoms with van der Waals surface area (Å²) in [5.41, 5.74) is 2.00. The van der Waals surface area contributed by atoms with Crippen molar-refractivity contribution in [3.63, 3.8) is 0 Å². The van der Waals surface area contributed by atoms with E-state index in [-0.39, 0.29) is 29.4 Å². The van der Waals surface area contributed by atoms with E-state index in [4.69, 9.17) is 4.74 Å². The third-order valence-electron chi connectivity index (χ3n) is 7.03. The van der Waals surface area contributed by atoms with E-state index in [9.17, 15) is 17.6 Å². The molecule has 1 aliphatic carbocycles. The molecule has 0 saturated heterocycles. The largest absolute Gasteiger partial charge is 0.491 e. The Kier molecular flexibility index (Phi) is 7.94. The molecular weight excluding hydrogens is 452 g/mol.